The lowest BCUT2D eigenvalue weighted by Crippen LogP contribution is -2.74. The average Bonchev–Trinajstić information content (AvgIpc) is 3.25. The van der Waals surface area contributed by atoms with Gasteiger partial charge >= 0.3 is 53.8 Å². The van der Waals surface area contributed by atoms with Crippen molar-refractivity contribution in [2.24, 2.45) is 0 Å². The molecule has 1 heterocycles. The molecule has 0 spiro atoms. The Morgan fingerprint density at radius 1 is 0.750 bits per heavy atom. The smallest absolute Gasteiger partial charge is 0.296 e. The van der Waals surface area contributed by atoms with Crippen LogP contribution in [0.2, 0.25) is 0 Å². The minimum absolute atomic E-state index is 0.0525. The van der Waals surface area contributed by atoms with Crippen LogP contribution in [-0.4, -0.2) is 58.8 Å². The van der Waals surface area contributed by atoms with Gasteiger partial charge in [-0.3, -0.25) is 10.1 Å². The van der Waals surface area contributed by atoms with Crippen LogP contribution in [0, 0.1) is 11.6 Å². The first-order chi connectivity index (χ1) is 17.7. The van der Waals surface area contributed by atoms with E-state index >= 15 is 0 Å². The third kappa shape index (κ3) is 4.70. The van der Waals surface area contributed by atoms with E-state index in [0.29, 0.717) is 22.8 Å². The van der Waals surface area contributed by atoms with Gasteiger partial charge < -0.3 is 0 Å². The van der Waals surface area contributed by atoms with Crippen LogP contribution in [0.5, 0.6) is 0 Å². The zero-order chi connectivity index (χ0) is 31.5. The highest BCUT2D eigenvalue weighted by atomic mass is 32.1. The Labute approximate surface area is 211 Å². The Morgan fingerprint density at radius 2 is 1.23 bits per heavy atom. The van der Waals surface area contributed by atoms with Gasteiger partial charge in [0.15, 0.2) is 5.13 Å². The Hall–Kier alpha value is -2.94. The molecule has 226 valence electrons. The van der Waals surface area contributed by atoms with Crippen molar-refractivity contribution < 1.29 is 83.8 Å². The highest BCUT2D eigenvalue weighted by molar-refractivity contribution is 7.14. The average molecular weight is 640 g/mol. The van der Waals surface area contributed by atoms with E-state index in [-0.39, 0.29) is 17.4 Å². The fourth-order valence-electron chi connectivity index (χ4n) is 2.61. The van der Waals surface area contributed by atoms with E-state index in [1.165, 1.54) is 0 Å². The van der Waals surface area contributed by atoms with Crippen molar-refractivity contribution in [1.82, 2.24) is 4.98 Å². The molecule has 1 aromatic carbocycles. The summed E-state index contributed by atoms with van der Waals surface area (Å²) in [5.74, 6) is -63.2. The number of carbonyl (C=O) groups is 1. The number of alkyl halides is 16. The lowest BCUT2D eigenvalue weighted by Gasteiger charge is -2.42. The molecule has 0 aliphatic heterocycles. The molecule has 3 nitrogen and oxygen atoms in total. The number of thiazole rings is 1. The monoisotopic (exact) mass is 640 g/mol. The molecule has 0 radical (unpaired) electrons. The number of nitrogens with zero attached hydrogens (tertiary/aromatic N) is 1. The van der Waals surface area contributed by atoms with Gasteiger partial charge in [0.1, 0.15) is 11.6 Å². The molecule has 0 saturated heterocycles. The number of rotatable bonds is 10. The number of amides is 1. The van der Waals surface area contributed by atoms with Gasteiger partial charge in [-0.1, -0.05) is 0 Å². The summed E-state index contributed by atoms with van der Waals surface area (Å²) >= 11 is -0.0525. The first-order valence-corrected chi connectivity index (χ1v) is 10.2. The van der Waals surface area contributed by atoms with Gasteiger partial charge in [-0.25, -0.2) is 22.5 Å². The minimum Gasteiger partial charge on any atom is -0.296 e. The predicted octanol–water partition coefficient (Wildman–Crippen LogP) is 7.74. The zero-order valence-corrected chi connectivity index (χ0v) is 18.8. The third-order valence-corrected chi connectivity index (χ3v) is 5.64. The van der Waals surface area contributed by atoms with E-state index in [4.69, 9.17) is 0 Å². The van der Waals surface area contributed by atoms with Crippen LogP contribution in [-0.2, 0) is 4.79 Å². The summed E-state index contributed by atoms with van der Waals surface area (Å²) in [5, 5.41) is 0.0104. The van der Waals surface area contributed by atoms with E-state index in [2.05, 4.69) is 4.98 Å². The molecular formula is C18H6F18N2OS. The van der Waals surface area contributed by atoms with Gasteiger partial charge in [-0.2, -0.15) is 61.5 Å². The van der Waals surface area contributed by atoms with Crippen LogP contribution < -0.4 is 5.32 Å². The van der Waals surface area contributed by atoms with Crippen molar-refractivity contribution in [3.63, 3.8) is 0 Å². The molecule has 0 fully saturated rings. The van der Waals surface area contributed by atoms with Crippen LogP contribution in [0.1, 0.15) is 0 Å². The summed E-state index contributed by atoms with van der Waals surface area (Å²) in [7, 11) is 0. The van der Waals surface area contributed by atoms with Crippen molar-refractivity contribution in [1.29, 1.82) is 0 Å². The van der Waals surface area contributed by atoms with Crippen LogP contribution in [0.3, 0.4) is 0 Å². The molecule has 1 N–H and O–H groups in total. The Kier molecular flexibility index (Phi) is 8.20. The molecule has 0 saturated carbocycles. The van der Waals surface area contributed by atoms with Gasteiger partial charge in [0, 0.05) is 17.0 Å². The number of benzene rings is 1. The van der Waals surface area contributed by atoms with Crippen LogP contribution in [0.25, 0.3) is 11.3 Å². The molecule has 1 amide bonds. The van der Waals surface area contributed by atoms with Gasteiger partial charge in [0.25, 0.3) is 0 Å². The molecule has 0 unspecified atom stereocenters. The molecule has 0 aliphatic carbocycles. The SMILES string of the molecule is O=C(Nc1nc(-c2ccc(F)cc2F)cs1)C(F)(F)C(F)(F)C(F)(F)C(F)(F)C(F)(F)C(F)(F)C(F)(F)C(F)F. The van der Waals surface area contributed by atoms with Crippen LogP contribution in [0.15, 0.2) is 23.6 Å². The van der Waals surface area contributed by atoms with E-state index in [1.54, 1.807) is 0 Å². The Morgan fingerprint density at radius 3 is 1.70 bits per heavy atom. The highest BCUT2D eigenvalue weighted by Gasteiger charge is 2.94. The summed E-state index contributed by atoms with van der Waals surface area (Å²) in [6.07, 6.45) is -5.97. The molecule has 40 heavy (non-hydrogen) atoms. The molecule has 0 atom stereocenters. The molecule has 0 bridgehead atoms. The van der Waals surface area contributed by atoms with E-state index in [9.17, 15) is 83.8 Å². The van der Waals surface area contributed by atoms with Gasteiger partial charge in [0.2, 0.25) is 0 Å². The van der Waals surface area contributed by atoms with Gasteiger partial charge in [-0.15, -0.1) is 11.3 Å². The maximum atomic E-state index is 14.0. The molecule has 22 heteroatoms. The molecule has 1 aromatic heterocycles. The summed E-state index contributed by atoms with van der Waals surface area (Å²) in [5.41, 5.74) is -1.27. The van der Waals surface area contributed by atoms with E-state index in [1.807, 2.05) is 0 Å². The lowest BCUT2D eigenvalue weighted by atomic mass is 9.89. The van der Waals surface area contributed by atoms with Crippen LogP contribution in [0.4, 0.5) is 84.2 Å². The fourth-order valence-corrected chi connectivity index (χ4v) is 3.31. The molecule has 2 aromatic rings. The standard InChI is InChI=1S/C18H6F18N2OS/c19-5-1-2-6(7(20)3-5)8-4-40-11(37-8)38-10(39)13(25,26)15(29,30)17(33,34)18(35,36)16(31,32)14(27,28)12(23,24)9(21)22/h1-4,9H,(H,37,38,39). The van der Waals surface area contributed by atoms with Gasteiger partial charge in [-0.05, 0) is 12.1 Å². The topological polar surface area (TPSA) is 42.0 Å². The van der Waals surface area contributed by atoms with E-state index in [0.717, 1.165) is 0 Å². The summed E-state index contributed by atoms with van der Waals surface area (Å²) < 4.78 is 241. The lowest BCUT2D eigenvalue weighted by molar-refractivity contribution is -0.443. The number of carbonyl (C=O) groups excluding carboxylic acids is 1. The molecule has 2 rings (SSSR count). The Balaban J connectivity index is 2.45. The van der Waals surface area contributed by atoms with Crippen molar-refractivity contribution in [3.05, 3.63) is 35.2 Å². The maximum absolute atomic E-state index is 14.0. The highest BCUT2D eigenvalue weighted by Crippen LogP contribution is 2.62. The fraction of sp³-hybridized carbons (Fsp3) is 0.444. The number of halogens is 18. The van der Waals surface area contributed by atoms with Crippen molar-refractivity contribution in [2.75, 3.05) is 5.32 Å². The predicted molar refractivity (Wildman–Crippen MR) is 96.7 cm³/mol. The number of hydrogen-bond acceptors (Lipinski definition) is 3. The summed E-state index contributed by atoms with van der Waals surface area (Å²) in [6, 6.07) is 1.58. The minimum atomic E-state index is -8.65. The summed E-state index contributed by atoms with van der Waals surface area (Å²) in [4.78, 5) is 14.7. The largest absolute Gasteiger partial charge is 0.393 e. The second-order valence-electron chi connectivity index (χ2n) is 7.49. The summed E-state index contributed by atoms with van der Waals surface area (Å²) in [6.45, 7) is 0. The van der Waals surface area contributed by atoms with E-state index < -0.39 is 81.8 Å². The van der Waals surface area contributed by atoms with Crippen molar-refractivity contribution >= 4 is 22.4 Å². The zero-order valence-electron chi connectivity index (χ0n) is 18.0. The number of nitrogens with one attached hydrogen (secondary N) is 1. The number of aromatic nitrogens is 1. The first kappa shape index (κ1) is 33.3. The number of anilines is 1. The number of hydrogen-bond donors (Lipinski definition) is 1. The second kappa shape index (κ2) is 9.86. The second-order valence-corrected chi connectivity index (χ2v) is 8.34. The Bertz CT molecular complexity index is 1260. The van der Waals surface area contributed by atoms with Crippen molar-refractivity contribution in [2.45, 2.75) is 47.9 Å². The quantitative estimate of drug-likeness (QED) is 0.270. The van der Waals surface area contributed by atoms with Gasteiger partial charge in [0.05, 0.1) is 5.69 Å². The van der Waals surface area contributed by atoms with Crippen molar-refractivity contribution in [3.8, 4) is 11.3 Å². The third-order valence-electron chi connectivity index (χ3n) is 4.88. The van der Waals surface area contributed by atoms with Crippen LogP contribution >= 0.6 is 11.3 Å². The normalized spacial score (nSPS) is 14.6. The maximum Gasteiger partial charge on any atom is 0.393 e. The first-order valence-electron chi connectivity index (χ1n) is 9.37. The molecule has 0 aliphatic rings. The molecular weight excluding hydrogens is 634 g/mol.